The highest BCUT2D eigenvalue weighted by atomic mass is 16.5. The molecule has 4 N–H and O–H groups in total. The SMILES string of the molecule is COc1ccc2ccc3cc2c1-c1c(OC)ccc2ccc(cc12)C1(O)C=CC(O)(C=C1)c1ccc(cc1)-c1ccc(cc1)-c1ccc(cc1)-c1ccc(cc1)-c1ccc(cc1)-c1ccc(cc1)C1(O)C=CC3(O)C=C1. The van der Waals surface area contributed by atoms with E-state index in [0.29, 0.717) is 33.8 Å². The van der Waals surface area contributed by atoms with Gasteiger partial charge in [-0.2, -0.15) is 0 Å². The van der Waals surface area contributed by atoms with Crippen LogP contribution in [0.3, 0.4) is 0 Å². The van der Waals surface area contributed by atoms with Crippen LogP contribution in [-0.4, -0.2) is 34.6 Å². The fourth-order valence-corrected chi connectivity index (χ4v) is 11.2. The summed E-state index contributed by atoms with van der Waals surface area (Å²) in [4.78, 5) is 0. The minimum atomic E-state index is -1.56. The Kier molecular flexibility index (Phi) is 11.0. The van der Waals surface area contributed by atoms with Crippen molar-refractivity contribution in [2.24, 2.45) is 0 Å². The first kappa shape index (κ1) is 46.9. The van der Waals surface area contributed by atoms with Crippen molar-refractivity contribution >= 4 is 21.5 Å². The summed E-state index contributed by atoms with van der Waals surface area (Å²) in [6.45, 7) is 0. The summed E-state index contributed by atoms with van der Waals surface area (Å²) >= 11 is 0. The molecule has 0 fully saturated rings. The van der Waals surface area contributed by atoms with Crippen LogP contribution in [0.1, 0.15) is 22.3 Å². The lowest BCUT2D eigenvalue weighted by atomic mass is 9.80. The van der Waals surface area contributed by atoms with Crippen molar-refractivity contribution in [2.45, 2.75) is 22.4 Å². The van der Waals surface area contributed by atoms with Gasteiger partial charge in [-0.15, -0.1) is 0 Å². The lowest BCUT2D eigenvalue weighted by Crippen LogP contribution is -2.30. The normalized spacial score (nSPS) is 21.0. The Hall–Kier alpha value is -8.88. The van der Waals surface area contributed by atoms with E-state index in [1.807, 2.05) is 109 Å². The average molecular weight is 989 g/mol. The maximum absolute atomic E-state index is 12.4. The standard InChI is InChI=1S/C70H52O6/c1-75-63-33-25-55-23-31-59-43-61(55)65(63)66-62-44-60(32-24-56(62)26-34-64(66)76-2)70(74)41-37-68(72,38-42-70)58-29-21-54(22-30-58)52-17-13-50(14-18-52)48-9-5-46(6-10-48)45-3-7-47(8-4-45)49-11-15-51(16-12-49)53-19-27-57(28-20-53)67(71)35-39-69(59,73)40-36-67/h3-44,71-74H,1-2H3. The van der Waals surface area contributed by atoms with Crippen LogP contribution < -0.4 is 9.47 Å². The molecular formula is C70H52O6. The third-order valence-corrected chi connectivity index (χ3v) is 15.8. The fraction of sp³-hybridized carbons (Fsp3) is 0.0857. The Bertz CT molecular complexity index is 3720. The second-order valence-corrected chi connectivity index (χ2v) is 20.3. The molecule has 6 nitrogen and oxygen atoms in total. The molecular weight excluding hydrogens is 937 g/mol. The minimum Gasteiger partial charge on any atom is -0.496 e. The van der Waals surface area contributed by atoms with Crippen molar-refractivity contribution in [1.82, 2.24) is 0 Å². The Morgan fingerprint density at radius 1 is 0.250 bits per heavy atom. The summed E-state index contributed by atoms with van der Waals surface area (Å²) in [6, 6.07) is 69.7. The van der Waals surface area contributed by atoms with E-state index in [0.717, 1.165) is 88.3 Å². The molecule has 0 aliphatic heterocycles. The van der Waals surface area contributed by atoms with Crippen LogP contribution in [0.5, 0.6) is 11.5 Å². The molecule has 0 amide bonds. The van der Waals surface area contributed by atoms with Gasteiger partial charge in [-0.25, -0.2) is 0 Å². The average Bonchev–Trinajstić information content (AvgIpc) is 3.55. The van der Waals surface area contributed by atoms with Gasteiger partial charge in [0.05, 0.1) is 14.2 Å². The van der Waals surface area contributed by atoms with Gasteiger partial charge in [0.25, 0.3) is 0 Å². The number of rotatable bonds is 2. The summed E-state index contributed by atoms with van der Waals surface area (Å²) < 4.78 is 12.2. The number of benzene rings is 10. The highest BCUT2D eigenvalue weighted by molar-refractivity contribution is 6.10. The number of aliphatic hydroxyl groups is 4. The minimum absolute atomic E-state index is 0.588. The molecule has 20 bridgehead atoms. The van der Waals surface area contributed by atoms with Crippen molar-refractivity contribution in [3.05, 3.63) is 277 Å². The van der Waals surface area contributed by atoms with Crippen molar-refractivity contribution in [1.29, 1.82) is 0 Å². The van der Waals surface area contributed by atoms with E-state index < -0.39 is 22.4 Å². The Morgan fingerprint density at radius 3 is 0.684 bits per heavy atom. The summed E-state index contributed by atoms with van der Waals surface area (Å²) in [5, 5.41) is 52.3. The molecule has 0 aromatic heterocycles. The molecule has 14 aliphatic carbocycles. The van der Waals surface area contributed by atoms with Crippen LogP contribution >= 0.6 is 0 Å². The third-order valence-electron chi connectivity index (χ3n) is 15.8. The quantitative estimate of drug-likeness (QED) is 0.129. The van der Waals surface area contributed by atoms with Crippen molar-refractivity contribution in [3.8, 4) is 78.3 Å². The maximum atomic E-state index is 12.4. The van der Waals surface area contributed by atoms with Gasteiger partial charge in [-0.3, -0.25) is 0 Å². The van der Waals surface area contributed by atoms with E-state index in [4.69, 9.17) is 9.47 Å². The molecule has 0 radical (unpaired) electrons. The molecule has 368 valence electrons. The number of ether oxygens (including phenoxy) is 2. The molecule has 6 heteroatoms. The molecule has 10 aromatic carbocycles. The van der Waals surface area contributed by atoms with Crippen molar-refractivity contribution < 1.29 is 29.9 Å². The van der Waals surface area contributed by atoms with Crippen LogP contribution in [0.25, 0.3) is 88.3 Å². The highest BCUT2D eigenvalue weighted by Gasteiger charge is 2.36. The molecule has 76 heavy (non-hydrogen) atoms. The summed E-state index contributed by atoms with van der Waals surface area (Å²) in [7, 11) is 3.26. The third kappa shape index (κ3) is 7.98. The van der Waals surface area contributed by atoms with Crippen molar-refractivity contribution in [3.63, 3.8) is 0 Å². The molecule has 24 rings (SSSR count). The van der Waals surface area contributed by atoms with E-state index in [-0.39, 0.29) is 0 Å². The lowest BCUT2D eigenvalue weighted by molar-refractivity contribution is 0.106. The van der Waals surface area contributed by atoms with E-state index in [2.05, 4.69) is 97.1 Å². The second kappa shape index (κ2) is 17.9. The van der Waals surface area contributed by atoms with Crippen LogP contribution in [0.15, 0.2) is 255 Å². The van der Waals surface area contributed by atoms with Gasteiger partial charge in [0.2, 0.25) is 0 Å². The summed E-state index contributed by atoms with van der Waals surface area (Å²) in [6.07, 6.45) is 13.2. The largest absolute Gasteiger partial charge is 0.496 e. The van der Waals surface area contributed by atoms with Gasteiger partial charge in [0.1, 0.15) is 33.9 Å². The van der Waals surface area contributed by atoms with Crippen LogP contribution in [0, 0.1) is 0 Å². The second-order valence-electron chi connectivity index (χ2n) is 20.3. The summed E-state index contributed by atoms with van der Waals surface area (Å²) in [5.74, 6) is 1.18. The highest BCUT2D eigenvalue weighted by Crippen LogP contribution is 2.48. The van der Waals surface area contributed by atoms with E-state index in [1.54, 1.807) is 62.8 Å². The Labute approximate surface area is 441 Å². The monoisotopic (exact) mass is 988 g/mol. The molecule has 14 aliphatic rings. The van der Waals surface area contributed by atoms with E-state index in [9.17, 15) is 20.4 Å². The molecule has 0 saturated heterocycles. The van der Waals surface area contributed by atoms with Crippen LogP contribution in [0.4, 0.5) is 0 Å². The molecule has 0 saturated carbocycles. The topological polar surface area (TPSA) is 99.4 Å². The first-order valence-electron chi connectivity index (χ1n) is 25.5. The number of hydrogen-bond donors (Lipinski definition) is 4. The maximum Gasteiger partial charge on any atom is 0.127 e. The molecule has 0 atom stereocenters. The Morgan fingerprint density at radius 2 is 0.447 bits per heavy atom. The van der Waals surface area contributed by atoms with Crippen LogP contribution in [0.2, 0.25) is 0 Å². The summed E-state index contributed by atoms with van der Waals surface area (Å²) in [5.41, 5.74) is 8.90. The number of methoxy groups -OCH3 is 2. The zero-order chi connectivity index (χ0) is 51.8. The zero-order valence-electron chi connectivity index (χ0n) is 41.9. The van der Waals surface area contributed by atoms with Gasteiger partial charge in [0.15, 0.2) is 0 Å². The number of fused-ring (bicyclic) bond motifs is 2. The predicted octanol–water partition coefficient (Wildman–Crippen LogP) is 14.7. The fourth-order valence-electron chi connectivity index (χ4n) is 11.2. The molecule has 0 unspecified atom stereocenters. The van der Waals surface area contributed by atoms with Gasteiger partial charge < -0.3 is 29.9 Å². The van der Waals surface area contributed by atoms with Crippen molar-refractivity contribution in [2.75, 3.05) is 14.2 Å². The van der Waals surface area contributed by atoms with Crippen LogP contribution in [-0.2, 0) is 22.4 Å². The molecule has 0 heterocycles. The van der Waals surface area contributed by atoms with Gasteiger partial charge in [-0.1, -0.05) is 182 Å². The predicted molar refractivity (Wildman–Crippen MR) is 306 cm³/mol. The van der Waals surface area contributed by atoms with Gasteiger partial charge in [-0.05, 0) is 172 Å². The van der Waals surface area contributed by atoms with E-state index >= 15 is 0 Å². The number of hydrogen-bond acceptors (Lipinski definition) is 6. The molecule has 0 spiro atoms. The first-order chi connectivity index (χ1) is 36.9. The molecule has 10 aromatic rings. The zero-order valence-corrected chi connectivity index (χ0v) is 41.9. The van der Waals surface area contributed by atoms with Gasteiger partial charge in [0, 0.05) is 11.1 Å². The Balaban J connectivity index is 0.906. The van der Waals surface area contributed by atoms with Gasteiger partial charge >= 0.3 is 0 Å². The first-order valence-corrected chi connectivity index (χ1v) is 25.5. The lowest BCUT2D eigenvalue weighted by Gasteiger charge is -2.32. The smallest absolute Gasteiger partial charge is 0.127 e. The van der Waals surface area contributed by atoms with E-state index in [1.165, 1.54) is 0 Å².